The summed E-state index contributed by atoms with van der Waals surface area (Å²) < 4.78 is 10.4. The molecule has 0 atom stereocenters. The Kier molecular flexibility index (Phi) is 5.71. The minimum absolute atomic E-state index is 0.0236. The summed E-state index contributed by atoms with van der Waals surface area (Å²) in [5.74, 6) is -1.72. The predicted octanol–water partition coefficient (Wildman–Crippen LogP) is 4.02. The predicted molar refractivity (Wildman–Crippen MR) is 94.2 cm³/mol. The second-order valence-electron chi connectivity index (χ2n) is 6.80. The molecule has 0 bridgehead atoms. The molecule has 7 nitrogen and oxygen atoms in total. The normalized spacial score (nSPS) is 10.9. The van der Waals surface area contributed by atoms with Crippen molar-refractivity contribution >= 4 is 17.6 Å². The standard InChI is InChI=1S/C19H19NO6/c1-19(2,3)12-25-17(21)13-8-4-5-9-14(13)18(22)26-16-11-7-6-10-15(16)20(23)24/h4-11H,12H2,1-3H3. The van der Waals surface area contributed by atoms with E-state index in [0.717, 1.165) is 0 Å². The van der Waals surface area contributed by atoms with Crippen LogP contribution in [0.5, 0.6) is 5.75 Å². The number of nitro groups is 1. The van der Waals surface area contributed by atoms with Crippen LogP contribution in [0.2, 0.25) is 0 Å². The fourth-order valence-corrected chi connectivity index (χ4v) is 2.05. The van der Waals surface area contributed by atoms with Crippen LogP contribution in [-0.4, -0.2) is 23.5 Å². The van der Waals surface area contributed by atoms with Gasteiger partial charge < -0.3 is 9.47 Å². The number of hydrogen-bond donors (Lipinski definition) is 0. The Labute approximate surface area is 150 Å². The zero-order valence-electron chi connectivity index (χ0n) is 14.7. The number of hydrogen-bond acceptors (Lipinski definition) is 6. The molecule has 0 saturated carbocycles. The SMILES string of the molecule is CC(C)(C)COC(=O)c1ccccc1C(=O)Oc1ccccc1[N+](=O)[O-]. The van der Waals surface area contributed by atoms with E-state index in [1.165, 1.54) is 36.4 Å². The van der Waals surface area contributed by atoms with Crippen molar-refractivity contribution in [2.45, 2.75) is 20.8 Å². The molecule has 2 aromatic carbocycles. The van der Waals surface area contributed by atoms with Gasteiger partial charge in [0.05, 0.1) is 22.7 Å². The zero-order valence-corrected chi connectivity index (χ0v) is 14.7. The minimum Gasteiger partial charge on any atom is -0.462 e. The highest BCUT2D eigenvalue weighted by molar-refractivity contribution is 6.03. The van der Waals surface area contributed by atoms with E-state index in [0.29, 0.717) is 0 Å². The first kappa shape index (κ1) is 19.1. The summed E-state index contributed by atoms with van der Waals surface area (Å²) in [6, 6.07) is 11.5. The van der Waals surface area contributed by atoms with Crippen LogP contribution in [0.1, 0.15) is 41.5 Å². The summed E-state index contributed by atoms with van der Waals surface area (Å²) in [4.78, 5) is 35.2. The van der Waals surface area contributed by atoms with Gasteiger partial charge in [-0.25, -0.2) is 9.59 Å². The first-order chi connectivity index (χ1) is 12.2. The minimum atomic E-state index is -0.873. The monoisotopic (exact) mass is 357 g/mol. The average molecular weight is 357 g/mol. The van der Waals surface area contributed by atoms with E-state index in [2.05, 4.69) is 0 Å². The molecule has 0 saturated heterocycles. The van der Waals surface area contributed by atoms with E-state index in [9.17, 15) is 19.7 Å². The molecule has 0 aliphatic rings. The Morgan fingerprint density at radius 2 is 1.50 bits per heavy atom. The van der Waals surface area contributed by atoms with Gasteiger partial charge in [-0.2, -0.15) is 0 Å². The van der Waals surface area contributed by atoms with E-state index < -0.39 is 16.9 Å². The van der Waals surface area contributed by atoms with Gasteiger partial charge in [0.25, 0.3) is 0 Å². The maximum atomic E-state index is 12.5. The van der Waals surface area contributed by atoms with Crippen LogP contribution >= 0.6 is 0 Å². The Balaban J connectivity index is 2.25. The summed E-state index contributed by atoms with van der Waals surface area (Å²) in [6.45, 7) is 5.92. The molecule has 26 heavy (non-hydrogen) atoms. The van der Waals surface area contributed by atoms with Gasteiger partial charge in [0, 0.05) is 6.07 Å². The first-order valence-corrected chi connectivity index (χ1v) is 7.91. The molecule has 0 heterocycles. The van der Waals surface area contributed by atoms with Gasteiger partial charge in [0.15, 0.2) is 0 Å². The molecular weight excluding hydrogens is 338 g/mol. The molecule has 0 aliphatic carbocycles. The van der Waals surface area contributed by atoms with Crippen molar-refractivity contribution in [1.82, 2.24) is 0 Å². The molecule has 2 aromatic rings. The molecule has 0 aliphatic heterocycles. The second-order valence-corrected chi connectivity index (χ2v) is 6.80. The number of rotatable bonds is 5. The first-order valence-electron chi connectivity index (χ1n) is 7.91. The molecule has 0 unspecified atom stereocenters. The number of carbonyl (C=O) groups is 2. The number of carbonyl (C=O) groups excluding carboxylic acids is 2. The van der Waals surface area contributed by atoms with E-state index in [4.69, 9.17) is 9.47 Å². The smallest absolute Gasteiger partial charge is 0.344 e. The number of para-hydroxylation sites is 2. The van der Waals surface area contributed by atoms with Gasteiger partial charge in [-0.05, 0) is 23.6 Å². The molecule has 0 radical (unpaired) electrons. The van der Waals surface area contributed by atoms with Crippen LogP contribution in [0, 0.1) is 15.5 Å². The van der Waals surface area contributed by atoms with Crippen LogP contribution in [0.3, 0.4) is 0 Å². The van der Waals surface area contributed by atoms with Gasteiger partial charge in [-0.1, -0.05) is 45.0 Å². The van der Waals surface area contributed by atoms with Gasteiger partial charge >= 0.3 is 17.6 Å². The van der Waals surface area contributed by atoms with Gasteiger partial charge in [-0.15, -0.1) is 0 Å². The molecule has 0 fully saturated rings. The highest BCUT2D eigenvalue weighted by Gasteiger charge is 2.24. The summed E-state index contributed by atoms with van der Waals surface area (Å²) in [6.07, 6.45) is 0. The topological polar surface area (TPSA) is 95.7 Å². The van der Waals surface area contributed by atoms with Crippen LogP contribution < -0.4 is 4.74 Å². The number of nitro benzene ring substituents is 1. The maximum Gasteiger partial charge on any atom is 0.344 e. The lowest BCUT2D eigenvalue weighted by Crippen LogP contribution is -2.21. The summed E-state index contributed by atoms with van der Waals surface area (Å²) in [7, 11) is 0. The lowest BCUT2D eigenvalue weighted by Gasteiger charge is -2.18. The van der Waals surface area contributed by atoms with Crippen molar-refractivity contribution in [2.75, 3.05) is 6.61 Å². The van der Waals surface area contributed by atoms with Gasteiger partial charge in [0.1, 0.15) is 0 Å². The van der Waals surface area contributed by atoms with Gasteiger partial charge in [-0.3, -0.25) is 10.1 Å². The summed E-state index contributed by atoms with van der Waals surface area (Å²) >= 11 is 0. The third-order valence-electron chi connectivity index (χ3n) is 3.27. The van der Waals surface area contributed by atoms with Crippen LogP contribution in [-0.2, 0) is 4.74 Å². The van der Waals surface area contributed by atoms with Crippen LogP contribution in [0.4, 0.5) is 5.69 Å². The average Bonchev–Trinajstić information content (AvgIpc) is 2.59. The van der Waals surface area contributed by atoms with Crippen molar-refractivity contribution in [1.29, 1.82) is 0 Å². The molecule has 0 aromatic heterocycles. The number of esters is 2. The van der Waals surface area contributed by atoms with E-state index >= 15 is 0 Å². The van der Waals surface area contributed by atoms with E-state index in [1.807, 2.05) is 20.8 Å². The molecule has 2 rings (SSSR count). The molecule has 136 valence electrons. The van der Waals surface area contributed by atoms with Crippen molar-refractivity contribution in [3.63, 3.8) is 0 Å². The molecule has 0 amide bonds. The highest BCUT2D eigenvalue weighted by Crippen LogP contribution is 2.27. The second kappa shape index (κ2) is 7.77. The van der Waals surface area contributed by atoms with Crippen molar-refractivity contribution < 1.29 is 24.0 Å². The maximum absolute atomic E-state index is 12.5. The van der Waals surface area contributed by atoms with E-state index in [1.54, 1.807) is 12.1 Å². The Bertz CT molecular complexity index is 838. The fourth-order valence-electron chi connectivity index (χ4n) is 2.05. The Morgan fingerprint density at radius 3 is 2.08 bits per heavy atom. The van der Waals surface area contributed by atoms with Crippen molar-refractivity contribution in [2.24, 2.45) is 5.41 Å². The lowest BCUT2D eigenvalue weighted by atomic mass is 9.98. The largest absolute Gasteiger partial charge is 0.462 e. The third kappa shape index (κ3) is 4.89. The number of benzene rings is 2. The van der Waals surface area contributed by atoms with Gasteiger partial charge in [0.2, 0.25) is 5.75 Å². The number of ether oxygens (including phenoxy) is 2. The molecule has 0 spiro atoms. The zero-order chi connectivity index (χ0) is 19.3. The third-order valence-corrected chi connectivity index (χ3v) is 3.27. The number of nitrogens with zero attached hydrogens (tertiary/aromatic N) is 1. The Hall–Kier alpha value is -3.22. The molecular formula is C19H19NO6. The highest BCUT2D eigenvalue weighted by atomic mass is 16.6. The van der Waals surface area contributed by atoms with Crippen molar-refractivity contribution in [3.05, 3.63) is 69.8 Å². The molecule has 0 N–H and O–H groups in total. The Morgan fingerprint density at radius 1 is 0.962 bits per heavy atom. The van der Waals surface area contributed by atoms with Crippen LogP contribution in [0.15, 0.2) is 48.5 Å². The lowest BCUT2D eigenvalue weighted by molar-refractivity contribution is -0.385. The van der Waals surface area contributed by atoms with Crippen molar-refractivity contribution in [3.8, 4) is 5.75 Å². The summed E-state index contributed by atoms with van der Waals surface area (Å²) in [5, 5.41) is 11.0. The summed E-state index contributed by atoms with van der Waals surface area (Å²) in [5.41, 5.74) is -0.547. The molecule has 7 heteroatoms. The van der Waals surface area contributed by atoms with Crippen LogP contribution in [0.25, 0.3) is 0 Å². The fraction of sp³-hybridized carbons (Fsp3) is 0.263. The quantitative estimate of drug-likeness (QED) is 0.347. The van der Waals surface area contributed by atoms with E-state index in [-0.39, 0.29) is 34.6 Å².